The molecule has 0 saturated carbocycles. The maximum absolute atomic E-state index is 12.1. The van der Waals surface area contributed by atoms with Gasteiger partial charge in [0.2, 0.25) is 6.79 Å². The quantitative estimate of drug-likeness (QED) is 0.911. The Morgan fingerprint density at radius 3 is 2.74 bits per heavy atom. The molecule has 1 aliphatic rings. The van der Waals surface area contributed by atoms with Gasteiger partial charge in [0, 0.05) is 20.6 Å². The Balaban J connectivity index is 1.60. The first-order chi connectivity index (χ1) is 11.1. The molecule has 0 aromatic heterocycles. The van der Waals surface area contributed by atoms with E-state index in [4.69, 9.17) is 9.47 Å². The van der Waals surface area contributed by atoms with Crippen molar-refractivity contribution in [3.05, 3.63) is 48.0 Å². The van der Waals surface area contributed by atoms with E-state index < -0.39 is 0 Å². The zero-order valence-electron chi connectivity index (χ0n) is 13.1. The molecule has 0 bridgehead atoms. The number of nitrogens with zero attached hydrogens (tertiary/aromatic N) is 1. The fourth-order valence-corrected chi connectivity index (χ4v) is 2.37. The van der Waals surface area contributed by atoms with Crippen LogP contribution in [0.25, 0.3) is 0 Å². The lowest BCUT2D eigenvalue weighted by molar-refractivity contribution is 0.174. The minimum Gasteiger partial charge on any atom is -0.454 e. The van der Waals surface area contributed by atoms with E-state index in [1.54, 1.807) is 0 Å². The Morgan fingerprint density at radius 2 is 1.91 bits per heavy atom. The summed E-state index contributed by atoms with van der Waals surface area (Å²) in [7, 11) is 3.87. The number of hydrogen-bond donors (Lipinski definition) is 2. The molecule has 3 rings (SSSR count). The topological polar surface area (TPSA) is 62.8 Å². The third-order valence-corrected chi connectivity index (χ3v) is 3.52. The van der Waals surface area contributed by atoms with Crippen molar-refractivity contribution in [1.29, 1.82) is 0 Å². The number of carbonyl (C=O) groups is 1. The molecule has 1 aliphatic heterocycles. The number of urea groups is 1. The highest BCUT2D eigenvalue weighted by molar-refractivity contribution is 5.93. The maximum atomic E-state index is 12.1. The average Bonchev–Trinajstić information content (AvgIpc) is 3.01. The van der Waals surface area contributed by atoms with E-state index in [9.17, 15) is 4.79 Å². The summed E-state index contributed by atoms with van der Waals surface area (Å²) in [4.78, 5) is 14.0. The summed E-state index contributed by atoms with van der Waals surface area (Å²) in [6.45, 7) is 0.653. The number of rotatable bonds is 4. The minimum absolute atomic E-state index is 0.244. The van der Waals surface area contributed by atoms with Gasteiger partial charge in [-0.3, -0.25) is 0 Å². The number of anilines is 2. The molecule has 0 radical (unpaired) electrons. The van der Waals surface area contributed by atoms with Crippen LogP contribution in [0, 0.1) is 0 Å². The van der Waals surface area contributed by atoms with Crippen molar-refractivity contribution in [3.63, 3.8) is 0 Å². The van der Waals surface area contributed by atoms with Gasteiger partial charge in [-0.05, 0) is 29.8 Å². The number of fused-ring (bicyclic) bond motifs is 1. The van der Waals surface area contributed by atoms with E-state index in [1.807, 2.05) is 61.5 Å². The Morgan fingerprint density at radius 1 is 1.13 bits per heavy atom. The summed E-state index contributed by atoms with van der Waals surface area (Å²) in [6.07, 6.45) is 0. The monoisotopic (exact) mass is 313 g/mol. The van der Waals surface area contributed by atoms with Gasteiger partial charge in [-0.25, -0.2) is 4.79 Å². The molecule has 2 aromatic carbocycles. The smallest absolute Gasteiger partial charge is 0.319 e. The molecule has 0 fully saturated rings. The van der Waals surface area contributed by atoms with Gasteiger partial charge in [0.15, 0.2) is 11.5 Å². The molecule has 2 amide bonds. The fourth-order valence-electron chi connectivity index (χ4n) is 2.37. The van der Waals surface area contributed by atoms with Gasteiger partial charge in [-0.2, -0.15) is 0 Å². The highest BCUT2D eigenvalue weighted by Crippen LogP contribution is 2.32. The van der Waals surface area contributed by atoms with Gasteiger partial charge in [0.1, 0.15) is 0 Å². The molecule has 0 saturated heterocycles. The predicted molar refractivity (Wildman–Crippen MR) is 89.2 cm³/mol. The standard InChI is InChI=1S/C17H19N3O3/c1-20(2)14-6-4-3-5-13(14)19-17(21)18-10-12-7-8-15-16(9-12)23-11-22-15/h3-9H,10-11H2,1-2H3,(H2,18,19,21). The molecule has 6 heteroatoms. The third-order valence-electron chi connectivity index (χ3n) is 3.52. The van der Waals surface area contributed by atoms with Gasteiger partial charge < -0.3 is 25.0 Å². The zero-order valence-corrected chi connectivity index (χ0v) is 13.1. The maximum Gasteiger partial charge on any atom is 0.319 e. The van der Waals surface area contributed by atoms with Gasteiger partial charge in [0.25, 0.3) is 0 Å². The van der Waals surface area contributed by atoms with Crippen LogP contribution in [-0.2, 0) is 6.54 Å². The van der Waals surface area contributed by atoms with Crippen molar-refractivity contribution in [2.45, 2.75) is 6.54 Å². The predicted octanol–water partition coefficient (Wildman–Crippen LogP) is 2.80. The van der Waals surface area contributed by atoms with Crippen LogP contribution in [-0.4, -0.2) is 26.9 Å². The number of hydrogen-bond acceptors (Lipinski definition) is 4. The SMILES string of the molecule is CN(C)c1ccccc1NC(=O)NCc1ccc2c(c1)OCO2. The van der Waals surface area contributed by atoms with Crippen LogP contribution in [0.5, 0.6) is 11.5 Å². The molecular weight excluding hydrogens is 294 g/mol. The first-order valence-electron chi connectivity index (χ1n) is 7.33. The number of nitrogens with one attached hydrogen (secondary N) is 2. The van der Waals surface area contributed by atoms with E-state index in [0.29, 0.717) is 12.3 Å². The summed E-state index contributed by atoms with van der Waals surface area (Å²) in [6, 6.07) is 13.0. The van der Waals surface area contributed by atoms with Crippen molar-refractivity contribution >= 4 is 17.4 Å². The second-order valence-electron chi connectivity index (χ2n) is 5.41. The summed E-state index contributed by atoms with van der Waals surface area (Å²) < 4.78 is 10.6. The largest absolute Gasteiger partial charge is 0.454 e. The van der Waals surface area contributed by atoms with Gasteiger partial charge in [-0.1, -0.05) is 18.2 Å². The third kappa shape index (κ3) is 3.48. The van der Waals surface area contributed by atoms with E-state index >= 15 is 0 Å². The fraction of sp³-hybridized carbons (Fsp3) is 0.235. The molecule has 0 aliphatic carbocycles. The van der Waals surface area contributed by atoms with E-state index in [2.05, 4.69) is 10.6 Å². The van der Waals surface area contributed by atoms with Crippen molar-refractivity contribution < 1.29 is 14.3 Å². The lowest BCUT2D eigenvalue weighted by Gasteiger charge is -2.18. The van der Waals surface area contributed by atoms with Crippen LogP contribution >= 0.6 is 0 Å². The summed E-state index contributed by atoms with van der Waals surface area (Å²) in [5.41, 5.74) is 2.66. The Bertz CT molecular complexity index is 716. The van der Waals surface area contributed by atoms with Gasteiger partial charge in [0.05, 0.1) is 11.4 Å². The van der Waals surface area contributed by atoms with E-state index in [0.717, 1.165) is 22.7 Å². The summed E-state index contributed by atoms with van der Waals surface area (Å²) >= 11 is 0. The van der Waals surface area contributed by atoms with Crippen LogP contribution in [0.4, 0.5) is 16.2 Å². The molecule has 0 atom stereocenters. The van der Waals surface area contributed by atoms with Crippen molar-refractivity contribution in [3.8, 4) is 11.5 Å². The summed E-state index contributed by atoms with van der Waals surface area (Å²) in [5.74, 6) is 1.45. The number of para-hydroxylation sites is 2. The normalized spacial score (nSPS) is 11.9. The highest BCUT2D eigenvalue weighted by atomic mass is 16.7. The van der Waals surface area contributed by atoms with Crippen molar-refractivity contribution in [2.24, 2.45) is 0 Å². The van der Waals surface area contributed by atoms with Crippen LogP contribution < -0.4 is 25.0 Å². The number of ether oxygens (including phenoxy) is 2. The second kappa shape index (κ2) is 6.48. The van der Waals surface area contributed by atoms with Gasteiger partial charge in [-0.15, -0.1) is 0 Å². The van der Waals surface area contributed by atoms with Crippen LogP contribution in [0.1, 0.15) is 5.56 Å². The molecular formula is C17H19N3O3. The minimum atomic E-state index is -0.253. The van der Waals surface area contributed by atoms with E-state index in [-0.39, 0.29) is 12.8 Å². The van der Waals surface area contributed by atoms with Crippen LogP contribution in [0.2, 0.25) is 0 Å². The van der Waals surface area contributed by atoms with Crippen molar-refractivity contribution in [1.82, 2.24) is 5.32 Å². The zero-order chi connectivity index (χ0) is 16.2. The molecule has 6 nitrogen and oxygen atoms in total. The average molecular weight is 313 g/mol. The molecule has 120 valence electrons. The Hall–Kier alpha value is -2.89. The number of benzene rings is 2. The first-order valence-corrected chi connectivity index (χ1v) is 7.33. The van der Waals surface area contributed by atoms with Crippen molar-refractivity contribution in [2.75, 3.05) is 31.1 Å². The van der Waals surface area contributed by atoms with Gasteiger partial charge >= 0.3 is 6.03 Å². The first kappa shape index (κ1) is 15.0. The van der Waals surface area contributed by atoms with Crippen LogP contribution in [0.3, 0.4) is 0 Å². The number of carbonyl (C=O) groups excluding carboxylic acids is 1. The van der Waals surface area contributed by atoms with Crippen LogP contribution in [0.15, 0.2) is 42.5 Å². The number of amides is 2. The molecule has 0 spiro atoms. The molecule has 2 aromatic rings. The lowest BCUT2D eigenvalue weighted by atomic mass is 10.2. The molecule has 0 unspecified atom stereocenters. The highest BCUT2D eigenvalue weighted by Gasteiger charge is 2.13. The summed E-state index contributed by atoms with van der Waals surface area (Å²) in [5, 5.41) is 5.71. The molecule has 1 heterocycles. The lowest BCUT2D eigenvalue weighted by Crippen LogP contribution is -2.29. The Labute approximate surface area is 135 Å². The molecule has 2 N–H and O–H groups in total. The second-order valence-corrected chi connectivity index (χ2v) is 5.41. The van der Waals surface area contributed by atoms with E-state index in [1.165, 1.54) is 0 Å². The molecule has 23 heavy (non-hydrogen) atoms. The Kier molecular flexibility index (Phi) is 4.23.